The Bertz CT molecular complexity index is 2930. The molecule has 4 saturated heterocycles. The van der Waals surface area contributed by atoms with Gasteiger partial charge in [-0.05, 0) is 147 Å². The van der Waals surface area contributed by atoms with Crippen LogP contribution in [0.4, 0.5) is 34.5 Å². The number of amides is 3. The van der Waals surface area contributed by atoms with Crippen molar-refractivity contribution in [3.8, 4) is 5.75 Å². The molecule has 0 bridgehead atoms. The highest BCUT2D eigenvalue weighted by molar-refractivity contribution is 9.10. The topological polar surface area (TPSA) is 181 Å². The molecule has 1 aliphatic carbocycles. The maximum absolute atomic E-state index is 13.6. The number of carbonyl (C=O) groups is 3. The summed E-state index contributed by atoms with van der Waals surface area (Å²) in [6.45, 7) is 13.3. The SMILES string of the molecule is COc1cc(N2CCC(N3CCC(CN4CCN(c5ccc6c(c5)CN([C@@H]5CCC(=O)NC5=O)C6=O)CC4)CC3)CC2)c(C2CC2)cc1Nc1ncc(Br)c(Nc2ccc3nccnc3c2P(C)(C)=O)n1. The van der Waals surface area contributed by atoms with Crippen molar-refractivity contribution in [3.63, 3.8) is 0 Å². The van der Waals surface area contributed by atoms with E-state index in [0.29, 0.717) is 74.7 Å². The summed E-state index contributed by atoms with van der Waals surface area (Å²) in [6, 6.07) is 14.3. The Hall–Kier alpha value is -5.68. The Morgan fingerprint density at radius 1 is 0.817 bits per heavy atom. The Morgan fingerprint density at radius 3 is 2.32 bits per heavy atom. The zero-order valence-corrected chi connectivity index (χ0v) is 43.2. The minimum absolute atomic E-state index is 0.126. The fourth-order valence-corrected chi connectivity index (χ4v) is 13.2. The molecule has 5 aliphatic heterocycles. The number of ether oxygens (including phenoxy) is 1. The first-order valence-corrected chi connectivity index (χ1v) is 28.6. The molecule has 17 nitrogen and oxygen atoms in total. The third-order valence-corrected chi connectivity index (χ3v) is 17.6. The third-order valence-electron chi connectivity index (χ3n) is 15.5. The Balaban J connectivity index is 0.671. The Kier molecular flexibility index (Phi) is 13.2. The van der Waals surface area contributed by atoms with Gasteiger partial charge < -0.3 is 39.5 Å². The molecule has 1 saturated carbocycles. The molecule has 11 rings (SSSR count). The fourth-order valence-electron chi connectivity index (χ4n) is 11.6. The molecule has 0 unspecified atom stereocenters. The van der Waals surface area contributed by atoms with Crippen LogP contribution in [0, 0.1) is 5.92 Å². The van der Waals surface area contributed by atoms with Crippen LogP contribution in [0.2, 0.25) is 0 Å². The molecular weight excluding hydrogens is 984 g/mol. The molecule has 3 amide bonds. The van der Waals surface area contributed by atoms with Gasteiger partial charge >= 0.3 is 0 Å². The number of aromatic nitrogens is 4. The van der Waals surface area contributed by atoms with Gasteiger partial charge in [-0.15, -0.1) is 0 Å². The van der Waals surface area contributed by atoms with E-state index in [0.717, 1.165) is 94.4 Å². The van der Waals surface area contributed by atoms with Gasteiger partial charge in [0.2, 0.25) is 17.8 Å². The number of nitrogens with zero attached hydrogens (tertiary/aromatic N) is 9. The second-order valence-corrected chi connectivity index (χ2v) is 24.5. The van der Waals surface area contributed by atoms with Crippen LogP contribution in [-0.4, -0.2) is 144 Å². The summed E-state index contributed by atoms with van der Waals surface area (Å²) in [4.78, 5) is 67.9. The number of piperazine rings is 1. The second kappa shape index (κ2) is 19.7. The van der Waals surface area contributed by atoms with E-state index in [-0.39, 0.29) is 24.1 Å². The lowest BCUT2D eigenvalue weighted by atomic mass is 9.92. The van der Waals surface area contributed by atoms with E-state index < -0.39 is 13.2 Å². The van der Waals surface area contributed by atoms with Gasteiger partial charge in [-0.2, -0.15) is 4.98 Å². The minimum atomic E-state index is -2.77. The van der Waals surface area contributed by atoms with Crippen molar-refractivity contribution in [2.75, 3.05) is 99.8 Å². The molecule has 0 spiro atoms. The van der Waals surface area contributed by atoms with Crippen molar-refractivity contribution in [3.05, 3.63) is 82.2 Å². The lowest BCUT2D eigenvalue weighted by Crippen LogP contribution is -2.52. The molecule has 6 aliphatic rings. The van der Waals surface area contributed by atoms with Crippen molar-refractivity contribution in [2.45, 2.75) is 75.9 Å². The summed E-state index contributed by atoms with van der Waals surface area (Å²) in [5, 5.41) is 9.90. The van der Waals surface area contributed by atoms with Crippen LogP contribution in [0.15, 0.2) is 65.5 Å². The predicted octanol–water partition coefficient (Wildman–Crippen LogP) is 7.07. The normalized spacial score (nSPS) is 20.9. The summed E-state index contributed by atoms with van der Waals surface area (Å²) in [5.74, 6) is 2.12. The highest BCUT2D eigenvalue weighted by Crippen LogP contribution is 2.49. The number of halogens is 1. The molecule has 71 heavy (non-hydrogen) atoms. The number of benzene rings is 3. The molecule has 3 aromatic carbocycles. The molecule has 2 aromatic heterocycles. The van der Waals surface area contributed by atoms with E-state index in [1.165, 1.54) is 36.9 Å². The zero-order chi connectivity index (χ0) is 49.0. The number of imide groups is 1. The number of nitrogens with one attached hydrogen (secondary N) is 3. The van der Waals surface area contributed by atoms with E-state index in [1.807, 2.05) is 24.3 Å². The smallest absolute Gasteiger partial charge is 0.255 e. The largest absolute Gasteiger partial charge is 0.494 e. The number of anilines is 6. The monoisotopic (exact) mass is 1040 g/mol. The number of piperidine rings is 3. The zero-order valence-electron chi connectivity index (χ0n) is 40.7. The van der Waals surface area contributed by atoms with Gasteiger partial charge in [0.05, 0.1) is 33.8 Å². The second-order valence-electron chi connectivity index (χ2n) is 20.5. The molecule has 7 heterocycles. The Labute approximate surface area is 423 Å². The van der Waals surface area contributed by atoms with E-state index in [1.54, 1.807) is 43.9 Å². The Morgan fingerprint density at radius 2 is 1.59 bits per heavy atom. The average Bonchev–Trinajstić information content (AvgIpc) is 4.17. The summed E-state index contributed by atoms with van der Waals surface area (Å²) in [7, 11) is -1.06. The fraction of sp³-hybridized carbons (Fsp3) is 0.481. The first-order valence-electron chi connectivity index (χ1n) is 25.2. The molecule has 5 fully saturated rings. The summed E-state index contributed by atoms with van der Waals surface area (Å²) < 4.78 is 20.3. The molecule has 0 radical (unpaired) electrons. The number of likely N-dealkylation sites (tertiary alicyclic amines) is 1. The van der Waals surface area contributed by atoms with Crippen LogP contribution in [0.3, 0.4) is 0 Å². The summed E-state index contributed by atoms with van der Waals surface area (Å²) in [5.41, 5.74) is 8.12. The number of hydrogen-bond donors (Lipinski definition) is 3. The highest BCUT2D eigenvalue weighted by atomic mass is 79.9. The summed E-state index contributed by atoms with van der Waals surface area (Å²) in [6.07, 6.45) is 12.7. The van der Waals surface area contributed by atoms with Crippen LogP contribution >= 0.6 is 23.1 Å². The van der Waals surface area contributed by atoms with Crippen LogP contribution in [0.25, 0.3) is 11.0 Å². The van der Waals surface area contributed by atoms with Crippen LogP contribution in [0.1, 0.15) is 78.8 Å². The molecule has 372 valence electrons. The van der Waals surface area contributed by atoms with Crippen molar-refractivity contribution >= 4 is 91.6 Å². The van der Waals surface area contributed by atoms with Crippen LogP contribution < -0.4 is 35.8 Å². The molecule has 5 aromatic rings. The maximum Gasteiger partial charge on any atom is 0.255 e. The summed E-state index contributed by atoms with van der Waals surface area (Å²) >= 11 is 3.63. The predicted molar refractivity (Wildman–Crippen MR) is 281 cm³/mol. The van der Waals surface area contributed by atoms with Gasteiger partial charge in [-0.1, -0.05) is 0 Å². The third kappa shape index (κ3) is 9.97. The quantitative estimate of drug-likeness (QED) is 0.0805. The molecule has 19 heteroatoms. The maximum atomic E-state index is 13.6. The molecular formula is C52H62BrN12O5P. The lowest BCUT2D eigenvalue weighted by molar-refractivity contribution is -0.136. The van der Waals surface area contributed by atoms with Crippen molar-refractivity contribution < 1.29 is 23.7 Å². The average molecular weight is 1050 g/mol. The van der Waals surface area contributed by atoms with Gasteiger partial charge in [0.1, 0.15) is 30.3 Å². The first kappa shape index (κ1) is 47.6. The van der Waals surface area contributed by atoms with Gasteiger partial charge in [-0.3, -0.25) is 34.6 Å². The first-order chi connectivity index (χ1) is 34.4. The van der Waals surface area contributed by atoms with Crippen LogP contribution in [0.5, 0.6) is 5.75 Å². The van der Waals surface area contributed by atoms with Crippen molar-refractivity contribution in [2.24, 2.45) is 5.92 Å². The minimum Gasteiger partial charge on any atom is -0.494 e. The van der Waals surface area contributed by atoms with Gasteiger partial charge in [0.25, 0.3) is 5.91 Å². The van der Waals surface area contributed by atoms with E-state index in [4.69, 9.17) is 9.72 Å². The number of methoxy groups -OCH3 is 1. The standard InChI is InChI=1S/C52H62BrN12O5P/c1-70-45-28-44(38(33-4-5-33)27-42(45)58-52-56-29-39(53)49(60-52)57-41-9-8-40-47(55-17-16-54-40)48(41)71(2,3)69)64-20-14-35(15-21-64)62-18-12-32(13-19-62)30-61-22-24-63(25-23-61)36-6-7-37-34(26-36)31-65(51(37)68)43-10-11-46(66)59-50(43)67/h6-9,16-17,26-29,32-33,35,43H,4-5,10-15,18-25,30-31H2,1-3H3,(H,59,66,67)(H2,56,57,58,60)/t43-/m1/s1. The van der Waals surface area contributed by atoms with Gasteiger partial charge in [0, 0.05) is 106 Å². The van der Waals surface area contributed by atoms with Crippen molar-refractivity contribution in [1.82, 2.24) is 40.0 Å². The number of carbonyl (C=O) groups excluding carboxylic acids is 3. The lowest BCUT2D eigenvalue weighted by Gasteiger charge is -2.44. The number of rotatable bonds is 13. The van der Waals surface area contributed by atoms with E-state index in [2.05, 4.69) is 84.6 Å². The van der Waals surface area contributed by atoms with E-state index >= 15 is 0 Å². The van der Waals surface area contributed by atoms with Crippen LogP contribution in [-0.2, 0) is 20.7 Å². The van der Waals surface area contributed by atoms with Crippen molar-refractivity contribution in [1.29, 1.82) is 0 Å². The molecule has 3 N–H and O–H groups in total. The van der Waals surface area contributed by atoms with Gasteiger partial charge in [0.15, 0.2) is 0 Å². The number of fused-ring (bicyclic) bond motifs is 2. The van der Waals surface area contributed by atoms with E-state index in [9.17, 15) is 18.9 Å². The highest BCUT2D eigenvalue weighted by Gasteiger charge is 2.40. The molecule has 1 atom stereocenters. The number of hydrogen-bond acceptors (Lipinski definition) is 15. The van der Waals surface area contributed by atoms with Gasteiger partial charge in [-0.25, -0.2) is 4.98 Å².